The van der Waals surface area contributed by atoms with Crippen molar-refractivity contribution in [3.63, 3.8) is 0 Å². The number of benzene rings is 14. The highest BCUT2D eigenvalue weighted by Gasteiger charge is 2.32. The Morgan fingerprint density at radius 2 is 0.389 bits per heavy atom. The van der Waals surface area contributed by atoms with Gasteiger partial charge in [-0.05, 0) is 156 Å². The highest BCUT2D eigenvalue weighted by Crippen LogP contribution is 2.62. The summed E-state index contributed by atoms with van der Waals surface area (Å²) in [6, 6.07) is 118. The molecule has 0 radical (unpaired) electrons. The van der Waals surface area contributed by atoms with Crippen LogP contribution in [0.4, 0.5) is 0 Å². The standard InChI is InChI=1S/C82H52N6P2/c1-9-27-53(28-10-1)55-47-69-79-71(49-55)85(59-35-17-5-18-36-59)73-51-63-64(75-81(73)89(79)77-65(83(69)57-31-13-3-14-32-57)43-25-45-67(77)87(75)61-39-21-7-22-40-61)52-74-82-76(63)88(62-41-23-8-24-42-62)68-46-26-44-66-78(68)90(82)80-70(84(66)58-33-15-4-16-34-58)48-56(54-29-11-2-12-30-54)50-72(80)86(74)60-37-19-6-20-38-60/h1-52H. The molecule has 0 fully saturated rings. The van der Waals surface area contributed by atoms with Crippen LogP contribution in [0, 0.1) is 0 Å². The Bertz CT molecular complexity index is 5880. The van der Waals surface area contributed by atoms with E-state index in [4.69, 9.17) is 0 Å². The summed E-state index contributed by atoms with van der Waals surface area (Å²) in [6.45, 7) is 0. The van der Waals surface area contributed by atoms with E-state index in [1.54, 1.807) is 0 Å². The van der Waals surface area contributed by atoms with Crippen LogP contribution in [0.1, 0.15) is 0 Å². The van der Waals surface area contributed by atoms with Crippen LogP contribution in [0.25, 0.3) is 164 Å². The minimum atomic E-state index is -1.23. The fourth-order valence-electron chi connectivity index (χ4n) is 15.4. The quantitative estimate of drug-likeness (QED) is 0.107. The molecule has 8 heteroatoms. The van der Waals surface area contributed by atoms with Gasteiger partial charge in [0.15, 0.2) is 0 Å². The van der Waals surface area contributed by atoms with Crippen LogP contribution in [0.3, 0.4) is 0 Å². The smallest absolute Gasteiger partial charge is 0.0678 e. The van der Waals surface area contributed by atoms with Crippen LogP contribution in [0.2, 0.25) is 0 Å². The largest absolute Gasteiger partial charge is 0.308 e. The van der Waals surface area contributed by atoms with Crippen LogP contribution in [-0.2, 0) is 0 Å². The Balaban J connectivity index is 1.13. The molecule has 6 heterocycles. The molecular formula is C82H52N6P2. The number of aromatic nitrogens is 6. The predicted molar refractivity (Wildman–Crippen MR) is 382 cm³/mol. The summed E-state index contributed by atoms with van der Waals surface area (Å²) in [7, 11) is -2.46. The van der Waals surface area contributed by atoms with Gasteiger partial charge in [-0.25, -0.2) is 0 Å². The average molecular weight is 1180 g/mol. The highest BCUT2D eigenvalue weighted by atomic mass is 31.1. The van der Waals surface area contributed by atoms with Crippen molar-refractivity contribution in [2.75, 3.05) is 0 Å². The zero-order chi connectivity index (χ0) is 58.7. The van der Waals surface area contributed by atoms with E-state index in [1.165, 1.54) is 130 Å². The van der Waals surface area contributed by atoms with E-state index in [0.717, 1.165) is 34.1 Å². The summed E-state index contributed by atoms with van der Waals surface area (Å²) >= 11 is 0. The Labute approximate surface area is 518 Å². The maximum atomic E-state index is 2.65. The van der Waals surface area contributed by atoms with Gasteiger partial charge in [0.25, 0.3) is 0 Å². The molecule has 6 aromatic heterocycles. The molecule has 0 N–H and O–H groups in total. The monoisotopic (exact) mass is 1180 g/mol. The van der Waals surface area contributed by atoms with E-state index < -0.39 is 14.7 Å². The van der Waals surface area contributed by atoms with Crippen molar-refractivity contribution < 1.29 is 0 Å². The zero-order valence-electron chi connectivity index (χ0n) is 48.6. The number of fused-ring (bicyclic) bond motifs is 3. The molecule has 0 aliphatic rings. The summed E-state index contributed by atoms with van der Waals surface area (Å²) in [6.07, 6.45) is 0. The maximum Gasteiger partial charge on any atom is 0.0678 e. The van der Waals surface area contributed by atoms with Gasteiger partial charge < -0.3 is 27.4 Å². The van der Waals surface area contributed by atoms with Crippen molar-refractivity contribution in [3.8, 4) is 56.4 Å². The van der Waals surface area contributed by atoms with Gasteiger partial charge in [0.2, 0.25) is 0 Å². The summed E-state index contributed by atoms with van der Waals surface area (Å²) in [4.78, 5) is 0. The summed E-state index contributed by atoms with van der Waals surface area (Å²) in [5.74, 6) is 0. The first-order valence-corrected chi connectivity index (χ1v) is 33.5. The molecule has 90 heavy (non-hydrogen) atoms. The lowest BCUT2D eigenvalue weighted by molar-refractivity contribution is 1.14. The third-order valence-electron chi connectivity index (χ3n) is 18.9. The molecule has 0 saturated heterocycles. The van der Waals surface area contributed by atoms with E-state index in [1.807, 2.05) is 0 Å². The molecule has 2 atom stereocenters. The number of nitrogens with zero attached hydrogens (tertiary/aromatic N) is 6. The summed E-state index contributed by atoms with van der Waals surface area (Å²) in [5.41, 5.74) is 26.0. The number of hydrogen-bond acceptors (Lipinski definition) is 0. The third-order valence-corrected chi connectivity index (χ3v) is 24.3. The molecule has 0 aliphatic heterocycles. The van der Waals surface area contributed by atoms with Crippen molar-refractivity contribution in [3.05, 3.63) is 315 Å². The van der Waals surface area contributed by atoms with Gasteiger partial charge in [0.1, 0.15) is 0 Å². The molecule has 20 aromatic rings. The summed E-state index contributed by atoms with van der Waals surface area (Å²) < 4.78 is 15.7. The first kappa shape index (κ1) is 49.8. The van der Waals surface area contributed by atoms with Gasteiger partial charge in [-0.3, -0.25) is 0 Å². The lowest BCUT2D eigenvalue weighted by Gasteiger charge is -2.31. The Hall–Kier alpha value is -11.3. The molecular weight excluding hydrogens is 1130 g/mol. The second kappa shape index (κ2) is 19.1. The van der Waals surface area contributed by atoms with Crippen LogP contribution in [0.15, 0.2) is 315 Å². The molecule has 420 valence electrons. The van der Waals surface area contributed by atoms with Gasteiger partial charge in [0, 0.05) is 75.6 Å². The molecule has 0 saturated carbocycles. The highest BCUT2D eigenvalue weighted by molar-refractivity contribution is 7.64. The van der Waals surface area contributed by atoms with Crippen molar-refractivity contribution >= 4 is 122 Å². The first-order valence-electron chi connectivity index (χ1n) is 30.9. The van der Waals surface area contributed by atoms with Crippen LogP contribution < -0.4 is 0 Å². The van der Waals surface area contributed by atoms with E-state index in [9.17, 15) is 0 Å². The molecule has 6 nitrogen and oxygen atoms in total. The number of hydrogen-bond donors (Lipinski definition) is 0. The maximum absolute atomic E-state index is 2.65. The summed E-state index contributed by atoms with van der Waals surface area (Å²) in [5, 5.41) is 10.6. The Morgan fingerprint density at radius 3 is 0.678 bits per heavy atom. The lowest BCUT2D eigenvalue weighted by atomic mass is 10.0. The minimum Gasteiger partial charge on any atom is -0.308 e. The van der Waals surface area contributed by atoms with Gasteiger partial charge in [-0.2, -0.15) is 0 Å². The third kappa shape index (κ3) is 6.89. The molecule has 14 aromatic carbocycles. The lowest BCUT2D eigenvalue weighted by Crippen LogP contribution is -2.10. The minimum absolute atomic E-state index is 1.12. The average Bonchev–Trinajstić information content (AvgIpc) is 0.669. The second-order valence-electron chi connectivity index (χ2n) is 23.7. The number of rotatable bonds is 8. The topological polar surface area (TPSA) is 29.6 Å². The fraction of sp³-hybridized carbons (Fsp3) is 0. The normalized spacial score (nSPS) is 12.6. The van der Waals surface area contributed by atoms with E-state index in [-0.39, 0.29) is 0 Å². The predicted octanol–water partition coefficient (Wildman–Crippen LogP) is 23.0. The zero-order valence-corrected chi connectivity index (χ0v) is 50.4. The fourth-order valence-corrected chi connectivity index (χ4v) is 21.6. The Kier molecular flexibility index (Phi) is 10.6. The van der Waals surface area contributed by atoms with Crippen LogP contribution >= 0.6 is 14.7 Å². The van der Waals surface area contributed by atoms with E-state index >= 15 is 0 Å². The van der Waals surface area contributed by atoms with E-state index in [0.29, 0.717) is 0 Å². The molecule has 0 aliphatic carbocycles. The van der Waals surface area contributed by atoms with Gasteiger partial charge in [-0.1, -0.05) is 197 Å². The molecule has 2 unspecified atom stereocenters. The molecule has 0 amide bonds. The Morgan fingerprint density at radius 1 is 0.167 bits per heavy atom. The number of para-hydroxylation sites is 6. The SMILES string of the molecule is c1ccc(-c2cc3c4c(c2)n(-c2ccccc2)c2cc5c(cc6c7c5n(-c5ccccc5)c5cccc8c5p7c5c(cc(-c7ccccc7)cc5n6-c5ccccc5)n8-c5ccccc5)c5c2p4c2c(cccc2n5-c2ccccc2)n3-c2ccccc2)cc1. The van der Waals surface area contributed by atoms with Gasteiger partial charge in [-0.15, -0.1) is 0 Å². The van der Waals surface area contributed by atoms with Crippen molar-refractivity contribution in [1.82, 2.24) is 27.4 Å². The van der Waals surface area contributed by atoms with Crippen molar-refractivity contribution in [2.24, 2.45) is 0 Å². The van der Waals surface area contributed by atoms with E-state index in [2.05, 4.69) is 343 Å². The molecule has 20 rings (SSSR count). The van der Waals surface area contributed by atoms with Crippen molar-refractivity contribution in [1.29, 1.82) is 0 Å². The first-order chi connectivity index (χ1) is 44.7. The molecule has 0 bridgehead atoms. The second-order valence-corrected chi connectivity index (χ2v) is 27.8. The van der Waals surface area contributed by atoms with Gasteiger partial charge in [0.05, 0.1) is 66.2 Å². The van der Waals surface area contributed by atoms with Crippen LogP contribution in [-0.4, -0.2) is 27.4 Å². The van der Waals surface area contributed by atoms with Crippen molar-refractivity contribution in [2.45, 2.75) is 0 Å². The van der Waals surface area contributed by atoms with Crippen LogP contribution in [0.5, 0.6) is 0 Å². The van der Waals surface area contributed by atoms with Gasteiger partial charge >= 0.3 is 0 Å². The molecule has 0 spiro atoms.